The number of fused-ring (bicyclic) bond motifs is 9. The van der Waals surface area contributed by atoms with Gasteiger partial charge in [-0.25, -0.2) is 0 Å². The van der Waals surface area contributed by atoms with Crippen LogP contribution in [0.4, 0.5) is 17.1 Å². The van der Waals surface area contributed by atoms with Crippen molar-refractivity contribution in [3.63, 3.8) is 0 Å². The quantitative estimate of drug-likeness (QED) is 0.168. The average molecular weight is 688 g/mol. The summed E-state index contributed by atoms with van der Waals surface area (Å²) in [4.78, 5) is 2.42. The third-order valence-corrected chi connectivity index (χ3v) is 11.0. The summed E-state index contributed by atoms with van der Waals surface area (Å²) in [6, 6.07) is 72.3. The molecule has 1 aromatic heterocycles. The van der Waals surface area contributed by atoms with Crippen LogP contribution in [0, 0.1) is 0 Å². The molecule has 0 spiro atoms. The largest absolute Gasteiger partial charge is 0.455 e. The molecule has 0 aliphatic carbocycles. The van der Waals surface area contributed by atoms with Crippen molar-refractivity contribution in [2.75, 3.05) is 4.90 Å². The summed E-state index contributed by atoms with van der Waals surface area (Å²) in [5.74, 6) is 0. The highest BCUT2D eigenvalue weighted by atomic mass is 16.3. The molecule has 0 saturated carbocycles. The molecular formula is C52H33NO. The van der Waals surface area contributed by atoms with Crippen molar-refractivity contribution >= 4 is 82.1 Å². The van der Waals surface area contributed by atoms with Crippen molar-refractivity contribution in [3.05, 3.63) is 200 Å². The van der Waals surface area contributed by atoms with E-state index >= 15 is 0 Å². The summed E-state index contributed by atoms with van der Waals surface area (Å²) >= 11 is 0. The minimum Gasteiger partial charge on any atom is -0.455 e. The van der Waals surface area contributed by atoms with E-state index in [1.807, 2.05) is 0 Å². The molecule has 10 aromatic carbocycles. The monoisotopic (exact) mass is 687 g/mol. The third-order valence-electron chi connectivity index (χ3n) is 11.0. The SMILES string of the molecule is c1ccc(-c2ccc(-c3ccc(N(c4ccc5c(ccc6ccccc65)c4)c4ccc5ccc6ccccc6c5c4)c4c3oc3ccccc34)cc2)cc1. The van der Waals surface area contributed by atoms with Gasteiger partial charge >= 0.3 is 0 Å². The lowest BCUT2D eigenvalue weighted by Gasteiger charge is -2.27. The van der Waals surface area contributed by atoms with Crippen molar-refractivity contribution in [1.29, 1.82) is 0 Å². The number of para-hydroxylation sites is 1. The van der Waals surface area contributed by atoms with Crippen molar-refractivity contribution in [2.24, 2.45) is 0 Å². The highest BCUT2D eigenvalue weighted by Crippen LogP contribution is 2.47. The molecule has 0 atom stereocenters. The molecule has 0 bridgehead atoms. The van der Waals surface area contributed by atoms with E-state index in [0.29, 0.717) is 0 Å². The molecule has 0 unspecified atom stereocenters. The molecule has 11 aromatic rings. The summed E-state index contributed by atoms with van der Waals surface area (Å²) in [6.07, 6.45) is 0. The van der Waals surface area contributed by atoms with Gasteiger partial charge in [0.25, 0.3) is 0 Å². The molecule has 54 heavy (non-hydrogen) atoms. The number of hydrogen-bond donors (Lipinski definition) is 0. The van der Waals surface area contributed by atoms with Crippen LogP contribution in [-0.2, 0) is 0 Å². The molecule has 2 heteroatoms. The van der Waals surface area contributed by atoms with Gasteiger partial charge < -0.3 is 9.32 Å². The molecule has 0 amide bonds. The second-order valence-corrected chi connectivity index (χ2v) is 14.1. The molecule has 2 nitrogen and oxygen atoms in total. The molecule has 252 valence electrons. The number of hydrogen-bond acceptors (Lipinski definition) is 2. The maximum Gasteiger partial charge on any atom is 0.145 e. The fourth-order valence-electron chi connectivity index (χ4n) is 8.39. The maximum absolute atomic E-state index is 6.84. The van der Waals surface area contributed by atoms with E-state index in [-0.39, 0.29) is 0 Å². The average Bonchev–Trinajstić information content (AvgIpc) is 3.64. The first kappa shape index (κ1) is 30.5. The zero-order valence-corrected chi connectivity index (χ0v) is 29.4. The molecule has 0 aliphatic rings. The predicted octanol–water partition coefficient (Wildman–Crippen LogP) is 15.0. The van der Waals surface area contributed by atoms with Crippen molar-refractivity contribution in [2.45, 2.75) is 0 Å². The Kier molecular flexibility index (Phi) is 6.90. The van der Waals surface area contributed by atoms with Gasteiger partial charge in [0, 0.05) is 22.3 Å². The van der Waals surface area contributed by atoms with Gasteiger partial charge in [0.2, 0.25) is 0 Å². The van der Waals surface area contributed by atoms with E-state index in [1.54, 1.807) is 0 Å². The highest BCUT2D eigenvalue weighted by molar-refractivity contribution is 6.18. The van der Waals surface area contributed by atoms with Crippen LogP contribution in [0.3, 0.4) is 0 Å². The van der Waals surface area contributed by atoms with Crippen LogP contribution in [0.2, 0.25) is 0 Å². The zero-order chi connectivity index (χ0) is 35.6. The summed E-state index contributed by atoms with van der Waals surface area (Å²) in [5.41, 5.74) is 9.58. The molecular weight excluding hydrogens is 655 g/mol. The van der Waals surface area contributed by atoms with Gasteiger partial charge in [-0.1, -0.05) is 158 Å². The van der Waals surface area contributed by atoms with Gasteiger partial charge in [0.15, 0.2) is 0 Å². The minimum absolute atomic E-state index is 0.872. The van der Waals surface area contributed by atoms with Crippen LogP contribution < -0.4 is 4.90 Å². The third kappa shape index (κ3) is 4.88. The lowest BCUT2D eigenvalue weighted by atomic mass is 9.96. The maximum atomic E-state index is 6.84. The Bertz CT molecular complexity index is 3210. The first-order valence-electron chi connectivity index (χ1n) is 18.5. The van der Waals surface area contributed by atoms with E-state index in [0.717, 1.165) is 50.1 Å². The number of rotatable bonds is 5. The van der Waals surface area contributed by atoms with Crippen LogP contribution in [0.25, 0.3) is 87.3 Å². The van der Waals surface area contributed by atoms with Gasteiger partial charge in [0.05, 0.1) is 11.1 Å². The van der Waals surface area contributed by atoms with Gasteiger partial charge in [-0.15, -0.1) is 0 Å². The van der Waals surface area contributed by atoms with Gasteiger partial charge in [0.1, 0.15) is 11.2 Å². The van der Waals surface area contributed by atoms with Crippen LogP contribution in [0.1, 0.15) is 0 Å². The van der Waals surface area contributed by atoms with E-state index in [2.05, 4.69) is 205 Å². The fourth-order valence-corrected chi connectivity index (χ4v) is 8.39. The summed E-state index contributed by atoms with van der Waals surface area (Å²) < 4.78 is 6.84. The summed E-state index contributed by atoms with van der Waals surface area (Å²) in [5, 5.41) is 12.1. The normalized spacial score (nSPS) is 11.7. The van der Waals surface area contributed by atoms with E-state index in [4.69, 9.17) is 4.42 Å². The Balaban J connectivity index is 1.17. The highest BCUT2D eigenvalue weighted by Gasteiger charge is 2.23. The smallest absolute Gasteiger partial charge is 0.145 e. The molecule has 0 N–H and O–H groups in total. The van der Waals surface area contributed by atoms with Crippen LogP contribution in [0.15, 0.2) is 205 Å². The molecule has 0 aliphatic heterocycles. The second kappa shape index (κ2) is 12.2. The second-order valence-electron chi connectivity index (χ2n) is 14.1. The van der Waals surface area contributed by atoms with E-state index < -0.39 is 0 Å². The van der Waals surface area contributed by atoms with E-state index in [1.165, 1.54) is 54.2 Å². The number of benzene rings is 10. The first-order chi connectivity index (χ1) is 26.8. The van der Waals surface area contributed by atoms with Gasteiger partial charge in [-0.3, -0.25) is 0 Å². The first-order valence-corrected chi connectivity index (χ1v) is 18.5. The minimum atomic E-state index is 0.872. The summed E-state index contributed by atoms with van der Waals surface area (Å²) in [6.45, 7) is 0. The molecule has 0 radical (unpaired) electrons. The van der Waals surface area contributed by atoms with Crippen molar-refractivity contribution in [1.82, 2.24) is 0 Å². The summed E-state index contributed by atoms with van der Waals surface area (Å²) in [7, 11) is 0. The number of anilines is 3. The topological polar surface area (TPSA) is 16.4 Å². The Morgan fingerprint density at radius 2 is 0.870 bits per heavy atom. The Morgan fingerprint density at radius 1 is 0.333 bits per heavy atom. The zero-order valence-electron chi connectivity index (χ0n) is 29.4. The Hall–Kier alpha value is -7.16. The van der Waals surface area contributed by atoms with E-state index in [9.17, 15) is 0 Å². The molecule has 0 saturated heterocycles. The number of furan rings is 1. The van der Waals surface area contributed by atoms with Crippen LogP contribution in [-0.4, -0.2) is 0 Å². The van der Waals surface area contributed by atoms with Gasteiger partial charge in [-0.05, 0) is 102 Å². The van der Waals surface area contributed by atoms with Gasteiger partial charge in [-0.2, -0.15) is 0 Å². The number of nitrogens with zero attached hydrogens (tertiary/aromatic N) is 1. The lowest BCUT2D eigenvalue weighted by Crippen LogP contribution is -2.10. The molecule has 1 heterocycles. The Morgan fingerprint density at radius 3 is 1.65 bits per heavy atom. The van der Waals surface area contributed by atoms with Crippen molar-refractivity contribution in [3.8, 4) is 22.3 Å². The molecule has 11 rings (SSSR count). The standard InChI is InChI=1S/C52H33NO/c1-2-10-34(11-3-1)35-18-20-38(21-19-35)46-30-31-49(51-47-16-8-9-17-50(47)54-52(46)51)53(41-28-29-45-40(32-41)25-24-36-12-4-6-14-43(36)45)42-27-26-39-23-22-37-13-5-7-15-44(37)48(39)33-42/h1-33H. The molecule has 0 fully saturated rings. The predicted molar refractivity (Wildman–Crippen MR) is 229 cm³/mol. The fraction of sp³-hybridized carbons (Fsp3) is 0. The Labute approximate surface area is 312 Å². The van der Waals surface area contributed by atoms with Crippen LogP contribution >= 0.6 is 0 Å². The lowest BCUT2D eigenvalue weighted by molar-refractivity contribution is 0.670. The van der Waals surface area contributed by atoms with Crippen LogP contribution in [0.5, 0.6) is 0 Å². The van der Waals surface area contributed by atoms with Crippen molar-refractivity contribution < 1.29 is 4.42 Å².